The van der Waals surface area contributed by atoms with Gasteiger partial charge in [0.05, 0.1) is 23.1 Å². The molecule has 4 rings (SSSR count). The molecule has 7 nitrogen and oxygen atoms in total. The number of fused-ring (bicyclic) bond motifs is 1. The van der Waals surface area contributed by atoms with Gasteiger partial charge in [-0.1, -0.05) is 20.8 Å². The zero-order valence-electron chi connectivity index (χ0n) is 20.0. The van der Waals surface area contributed by atoms with E-state index in [1.807, 2.05) is 4.57 Å². The first-order valence-corrected chi connectivity index (χ1v) is 11.3. The largest absolute Gasteiger partial charge is 0.453 e. The van der Waals surface area contributed by atoms with E-state index in [-0.39, 0.29) is 34.0 Å². The van der Waals surface area contributed by atoms with Gasteiger partial charge in [0.1, 0.15) is 17.4 Å². The van der Waals surface area contributed by atoms with Crippen molar-refractivity contribution in [2.24, 2.45) is 5.41 Å². The molecule has 0 radical (unpaired) electrons. The Balaban J connectivity index is 1.63. The molecule has 2 heterocycles. The van der Waals surface area contributed by atoms with Gasteiger partial charge in [-0.3, -0.25) is 9.59 Å². The highest BCUT2D eigenvalue weighted by Crippen LogP contribution is 2.31. The fourth-order valence-corrected chi connectivity index (χ4v) is 3.56. The maximum atomic E-state index is 14.7. The average Bonchev–Trinajstić information content (AvgIpc) is 3.32. The van der Waals surface area contributed by atoms with Crippen LogP contribution in [-0.4, -0.2) is 22.0 Å². The van der Waals surface area contributed by atoms with E-state index in [2.05, 4.69) is 15.6 Å². The number of hydrogen-bond acceptors (Lipinski definition) is 5. The van der Waals surface area contributed by atoms with Gasteiger partial charge >= 0.3 is 0 Å². The number of nitrogens with zero attached hydrogens (tertiary/aromatic N) is 2. The van der Waals surface area contributed by atoms with E-state index in [9.17, 15) is 22.8 Å². The van der Waals surface area contributed by atoms with Crippen molar-refractivity contribution in [2.45, 2.75) is 33.7 Å². The molecule has 2 N–H and O–H groups in total. The van der Waals surface area contributed by atoms with E-state index in [4.69, 9.17) is 4.42 Å². The maximum absolute atomic E-state index is 14.7. The second-order valence-corrected chi connectivity index (χ2v) is 9.37. The monoisotopic (exact) mass is 498 g/mol. The van der Waals surface area contributed by atoms with Crippen molar-refractivity contribution >= 4 is 28.3 Å². The zero-order valence-corrected chi connectivity index (χ0v) is 20.0. The third kappa shape index (κ3) is 5.27. The predicted octanol–water partition coefficient (Wildman–Crippen LogP) is 5.56. The second kappa shape index (κ2) is 9.88. The molecule has 0 bridgehead atoms. The average molecular weight is 499 g/mol. The van der Waals surface area contributed by atoms with Crippen LogP contribution in [-0.2, 0) is 11.3 Å². The first-order valence-electron chi connectivity index (χ1n) is 11.3. The summed E-state index contributed by atoms with van der Waals surface area (Å²) in [7, 11) is 0. The Hall–Kier alpha value is -4.08. The molecule has 36 heavy (non-hydrogen) atoms. The van der Waals surface area contributed by atoms with Crippen molar-refractivity contribution in [1.29, 1.82) is 0 Å². The van der Waals surface area contributed by atoms with E-state index in [1.165, 1.54) is 12.1 Å². The number of amides is 1. The third-order valence-electron chi connectivity index (χ3n) is 5.54. The van der Waals surface area contributed by atoms with Crippen molar-refractivity contribution < 1.29 is 22.4 Å². The molecule has 1 amide bonds. The molecule has 2 aromatic heterocycles. The fourth-order valence-electron chi connectivity index (χ4n) is 3.56. The number of aryl methyl sites for hydroxylation is 1. The van der Waals surface area contributed by atoms with Crippen LogP contribution in [0, 0.1) is 22.9 Å². The minimum Gasteiger partial charge on any atom is -0.453 e. The van der Waals surface area contributed by atoms with Gasteiger partial charge in [0, 0.05) is 48.6 Å². The molecular formula is C26H25F3N4O3. The number of carbonyl (C=O) groups excluding carboxylic acids is 1. The Kier molecular flexibility index (Phi) is 6.87. The van der Waals surface area contributed by atoms with Gasteiger partial charge in [0.2, 0.25) is 5.91 Å². The number of imidazole rings is 1. The standard InChI is InChI=1S/C26H25F3N4O3/c1-26(2,3)25(35)32-19-6-5-15(11-16(19)27)21-13-20(34)22-23(17(28)12-18(29)24(22)36-21)31-7-4-9-33-10-8-30-14-33/h5-6,8,10-14,31H,4,7,9H2,1-3H3,(H,32,35). The molecule has 0 saturated heterocycles. The van der Waals surface area contributed by atoms with Gasteiger partial charge < -0.3 is 19.6 Å². The highest BCUT2D eigenvalue weighted by molar-refractivity contribution is 5.95. The molecule has 0 unspecified atom stereocenters. The molecular weight excluding hydrogens is 473 g/mol. The smallest absolute Gasteiger partial charge is 0.229 e. The van der Waals surface area contributed by atoms with Crippen LogP contribution in [0.5, 0.6) is 0 Å². The normalized spacial score (nSPS) is 11.6. The molecule has 0 aliphatic heterocycles. The summed E-state index contributed by atoms with van der Waals surface area (Å²) < 4.78 is 51.4. The van der Waals surface area contributed by atoms with Crippen LogP contribution in [0.3, 0.4) is 0 Å². The quantitative estimate of drug-likeness (QED) is 0.326. The lowest BCUT2D eigenvalue weighted by Crippen LogP contribution is -2.28. The first kappa shape index (κ1) is 25.0. The van der Waals surface area contributed by atoms with Crippen LogP contribution in [0.2, 0.25) is 0 Å². The van der Waals surface area contributed by atoms with E-state index in [0.717, 1.165) is 12.1 Å². The Morgan fingerprint density at radius 3 is 2.53 bits per heavy atom. The molecule has 4 aromatic rings. The molecule has 188 valence electrons. The topological polar surface area (TPSA) is 89.2 Å². The summed E-state index contributed by atoms with van der Waals surface area (Å²) in [5.41, 5.74) is -1.91. The Morgan fingerprint density at radius 1 is 1.08 bits per heavy atom. The second-order valence-electron chi connectivity index (χ2n) is 9.37. The minimum atomic E-state index is -1.06. The van der Waals surface area contributed by atoms with Gasteiger partial charge in [0.15, 0.2) is 16.8 Å². The number of halogens is 3. The van der Waals surface area contributed by atoms with Gasteiger partial charge in [-0.2, -0.15) is 0 Å². The molecule has 0 saturated carbocycles. The number of aromatic nitrogens is 2. The highest BCUT2D eigenvalue weighted by atomic mass is 19.1. The Morgan fingerprint density at radius 2 is 1.86 bits per heavy atom. The molecule has 0 aliphatic carbocycles. The summed E-state index contributed by atoms with van der Waals surface area (Å²) in [6, 6.07) is 5.52. The lowest BCUT2D eigenvalue weighted by atomic mass is 9.95. The van der Waals surface area contributed by atoms with E-state index < -0.39 is 33.9 Å². The van der Waals surface area contributed by atoms with Crippen LogP contribution in [0.25, 0.3) is 22.3 Å². The third-order valence-corrected chi connectivity index (χ3v) is 5.54. The van der Waals surface area contributed by atoms with Gasteiger partial charge in [-0.15, -0.1) is 0 Å². The van der Waals surface area contributed by atoms with Crippen molar-refractivity contribution in [3.8, 4) is 11.3 Å². The number of benzene rings is 2. The van der Waals surface area contributed by atoms with Crippen LogP contribution < -0.4 is 16.1 Å². The summed E-state index contributed by atoms with van der Waals surface area (Å²) in [6.45, 7) is 6.00. The molecule has 0 fully saturated rings. The Bertz CT molecular complexity index is 1470. The van der Waals surface area contributed by atoms with Crippen LogP contribution in [0.15, 0.2) is 58.3 Å². The lowest BCUT2D eigenvalue weighted by Gasteiger charge is -2.18. The predicted molar refractivity (Wildman–Crippen MR) is 131 cm³/mol. The molecule has 2 aromatic carbocycles. The molecule has 10 heteroatoms. The van der Waals surface area contributed by atoms with E-state index in [0.29, 0.717) is 25.6 Å². The highest BCUT2D eigenvalue weighted by Gasteiger charge is 2.23. The van der Waals surface area contributed by atoms with Crippen molar-refractivity contribution in [2.75, 3.05) is 17.2 Å². The van der Waals surface area contributed by atoms with E-state index >= 15 is 0 Å². The molecule has 0 spiro atoms. The lowest BCUT2D eigenvalue weighted by molar-refractivity contribution is -0.123. The number of rotatable bonds is 7. The van der Waals surface area contributed by atoms with Crippen LogP contribution in [0.1, 0.15) is 27.2 Å². The van der Waals surface area contributed by atoms with Gasteiger partial charge in [-0.25, -0.2) is 18.2 Å². The SMILES string of the molecule is CC(C)(C)C(=O)Nc1ccc(-c2cc(=O)c3c(NCCCn4ccnc4)c(F)cc(F)c3o2)cc1F. The fraction of sp³-hybridized carbons (Fsp3) is 0.269. The zero-order chi connectivity index (χ0) is 26.0. The van der Waals surface area contributed by atoms with Gasteiger partial charge in [-0.05, 0) is 24.6 Å². The first-order chi connectivity index (χ1) is 17.0. The summed E-state index contributed by atoms with van der Waals surface area (Å²) in [5.74, 6) is -3.21. The van der Waals surface area contributed by atoms with E-state index in [1.54, 1.807) is 39.5 Å². The number of anilines is 2. The summed E-state index contributed by atoms with van der Waals surface area (Å²) in [5, 5.41) is 5.09. The summed E-state index contributed by atoms with van der Waals surface area (Å²) in [4.78, 5) is 29.0. The summed E-state index contributed by atoms with van der Waals surface area (Å²) in [6.07, 6.45) is 5.68. The van der Waals surface area contributed by atoms with Crippen molar-refractivity contribution in [1.82, 2.24) is 9.55 Å². The number of carbonyl (C=O) groups is 1. The molecule has 0 atom stereocenters. The van der Waals surface area contributed by atoms with Crippen LogP contribution in [0.4, 0.5) is 24.5 Å². The number of hydrogen-bond donors (Lipinski definition) is 2. The van der Waals surface area contributed by atoms with Gasteiger partial charge in [0.25, 0.3) is 0 Å². The summed E-state index contributed by atoms with van der Waals surface area (Å²) >= 11 is 0. The maximum Gasteiger partial charge on any atom is 0.229 e. The van der Waals surface area contributed by atoms with Crippen LogP contribution >= 0.6 is 0 Å². The number of nitrogens with one attached hydrogen (secondary N) is 2. The Labute approximate surface area is 205 Å². The molecule has 0 aliphatic rings. The van der Waals surface area contributed by atoms with Crippen molar-refractivity contribution in [3.63, 3.8) is 0 Å². The van der Waals surface area contributed by atoms with Crippen molar-refractivity contribution in [3.05, 3.63) is 76.7 Å². The minimum absolute atomic E-state index is 0.0442.